The Morgan fingerprint density at radius 3 is 3.11 bits per heavy atom. The molecular formula is C13H12N2O3S. The third-order valence-corrected chi connectivity index (χ3v) is 5.04. The molecule has 0 N–H and O–H groups in total. The van der Waals surface area contributed by atoms with E-state index in [2.05, 4.69) is 5.16 Å². The minimum atomic E-state index is -0.0330. The lowest BCUT2D eigenvalue weighted by Crippen LogP contribution is -2.39. The van der Waals surface area contributed by atoms with Crippen LogP contribution >= 0.6 is 11.8 Å². The Labute approximate surface area is 113 Å². The van der Waals surface area contributed by atoms with E-state index in [1.165, 1.54) is 0 Å². The van der Waals surface area contributed by atoms with Crippen LogP contribution in [0.1, 0.15) is 16.9 Å². The van der Waals surface area contributed by atoms with Crippen LogP contribution in [-0.2, 0) is 0 Å². The van der Waals surface area contributed by atoms with Gasteiger partial charge in [0.05, 0.1) is 6.26 Å². The lowest BCUT2D eigenvalue weighted by Gasteiger charge is -2.25. The molecule has 2 atom stereocenters. The van der Waals surface area contributed by atoms with Crippen molar-refractivity contribution in [1.82, 2.24) is 10.1 Å². The molecule has 2 saturated heterocycles. The average Bonchev–Trinajstić information content (AvgIpc) is 3.18. The molecule has 4 rings (SSSR count). The number of aromatic nitrogens is 1. The summed E-state index contributed by atoms with van der Waals surface area (Å²) in [5, 5.41) is 4.47. The second-order valence-corrected chi connectivity index (χ2v) is 6.19. The van der Waals surface area contributed by atoms with Crippen molar-refractivity contribution in [3.05, 3.63) is 30.2 Å². The normalized spacial score (nSPS) is 25.2. The zero-order valence-corrected chi connectivity index (χ0v) is 10.9. The Morgan fingerprint density at radius 2 is 2.42 bits per heavy atom. The van der Waals surface area contributed by atoms with Crippen LogP contribution in [0.2, 0.25) is 0 Å². The highest BCUT2D eigenvalue weighted by molar-refractivity contribution is 8.00. The molecule has 98 valence electrons. The number of amides is 1. The molecule has 0 spiro atoms. The number of likely N-dealkylation sites (tertiary alicyclic amines) is 1. The van der Waals surface area contributed by atoms with Gasteiger partial charge in [0.1, 0.15) is 0 Å². The molecule has 0 aliphatic carbocycles. The van der Waals surface area contributed by atoms with Crippen LogP contribution in [0, 0.1) is 0 Å². The summed E-state index contributed by atoms with van der Waals surface area (Å²) in [5.41, 5.74) is 0.365. The van der Waals surface area contributed by atoms with Gasteiger partial charge in [-0.25, -0.2) is 0 Å². The van der Waals surface area contributed by atoms with Crippen LogP contribution in [-0.4, -0.2) is 39.6 Å². The topological polar surface area (TPSA) is 59.5 Å². The van der Waals surface area contributed by atoms with Crippen molar-refractivity contribution in [1.29, 1.82) is 0 Å². The van der Waals surface area contributed by atoms with E-state index in [-0.39, 0.29) is 5.91 Å². The average molecular weight is 276 g/mol. The van der Waals surface area contributed by atoms with Crippen molar-refractivity contribution in [3.63, 3.8) is 0 Å². The number of carbonyl (C=O) groups is 1. The Hall–Kier alpha value is -1.69. The van der Waals surface area contributed by atoms with Gasteiger partial charge < -0.3 is 13.8 Å². The summed E-state index contributed by atoms with van der Waals surface area (Å²) in [6.45, 7) is 0.830. The molecule has 5 nitrogen and oxygen atoms in total. The first-order chi connectivity index (χ1) is 9.31. The van der Waals surface area contributed by atoms with Crippen LogP contribution in [0.5, 0.6) is 0 Å². The van der Waals surface area contributed by atoms with E-state index < -0.39 is 0 Å². The summed E-state index contributed by atoms with van der Waals surface area (Å²) in [7, 11) is 0. The highest BCUT2D eigenvalue weighted by atomic mass is 32.2. The van der Waals surface area contributed by atoms with Crippen molar-refractivity contribution in [3.8, 4) is 11.5 Å². The van der Waals surface area contributed by atoms with Crippen molar-refractivity contribution in [2.45, 2.75) is 17.7 Å². The molecule has 19 heavy (non-hydrogen) atoms. The van der Waals surface area contributed by atoms with E-state index in [9.17, 15) is 4.79 Å². The van der Waals surface area contributed by atoms with Gasteiger partial charge in [0.25, 0.3) is 5.91 Å². The van der Waals surface area contributed by atoms with Gasteiger partial charge in [0.2, 0.25) is 5.76 Å². The summed E-state index contributed by atoms with van der Waals surface area (Å²) in [5.74, 6) is 2.09. The van der Waals surface area contributed by atoms with Crippen molar-refractivity contribution in [2.24, 2.45) is 0 Å². The molecule has 2 aliphatic heterocycles. The Morgan fingerprint density at radius 1 is 1.47 bits per heavy atom. The summed E-state index contributed by atoms with van der Waals surface area (Å²) >= 11 is 1.96. The number of fused-ring (bicyclic) bond motifs is 2. The summed E-state index contributed by atoms with van der Waals surface area (Å²) in [6, 6.07) is 5.57. The molecule has 2 fully saturated rings. The molecule has 0 radical (unpaired) electrons. The Balaban J connectivity index is 1.58. The highest BCUT2D eigenvalue weighted by Gasteiger charge is 2.41. The molecule has 0 saturated carbocycles. The number of nitrogens with zero attached hydrogens (tertiary/aromatic N) is 2. The van der Waals surface area contributed by atoms with Gasteiger partial charge in [-0.2, -0.15) is 11.8 Å². The van der Waals surface area contributed by atoms with Crippen molar-refractivity contribution >= 4 is 17.7 Å². The maximum absolute atomic E-state index is 12.4. The molecule has 0 aromatic carbocycles. The lowest BCUT2D eigenvalue weighted by atomic mass is 10.2. The number of furan rings is 1. The highest BCUT2D eigenvalue weighted by Crippen LogP contribution is 2.38. The van der Waals surface area contributed by atoms with Gasteiger partial charge >= 0.3 is 0 Å². The molecule has 6 heteroatoms. The van der Waals surface area contributed by atoms with E-state index in [4.69, 9.17) is 8.94 Å². The van der Waals surface area contributed by atoms with Gasteiger partial charge in [-0.3, -0.25) is 4.79 Å². The maximum atomic E-state index is 12.4. The SMILES string of the molecule is O=C(c1cc(-c2ccco2)on1)N1CC2CC1CS2. The molecule has 4 heterocycles. The molecule has 2 bridgehead atoms. The first-order valence-corrected chi connectivity index (χ1v) is 7.29. The molecule has 1 amide bonds. The fourth-order valence-electron chi connectivity index (χ4n) is 2.71. The standard InChI is InChI=1S/C13H12N2O3S/c16-13(15-6-9-4-8(15)7-19-9)10-5-12(18-14-10)11-2-1-3-17-11/h1-3,5,8-9H,4,6-7H2. The number of thioether (sulfide) groups is 1. The monoisotopic (exact) mass is 276 g/mol. The number of hydrogen-bond donors (Lipinski definition) is 0. The first-order valence-electron chi connectivity index (χ1n) is 6.24. The van der Waals surface area contributed by atoms with Gasteiger partial charge in [-0.15, -0.1) is 0 Å². The summed E-state index contributed by atoms with van der Waals surface area (Å²) < 4.78 is 10.4. The number of hydrogen-bond acceptors (Lipinski definition) is 5. The van der Waals surface area contributed by atoms with Gasteiger partial charge in [0, 0.05) is 29.7 Å². The molecule has 2 aromatic heterocycles. The molecule has 2 aliphatic rings. The molecule has 2 aromatic rings. The summed E-state index contributed by atoms with van der Waals surface area (Å²) in [4.78, 5) is 14.3. The Bertz CT molecular complexity index is 607. The maximum Gasteiger partial charge on any atom is 0.276 e. The Kier molecular flexibility index (Phi) is 2.44. The van der Waals surface area contributed by atoms with Crippen LogP contribution < -0.4 is 0 Å². The van der Waals surface area contributed by atoms with Crippen LogP contribution in [0.3, 0.4) is 0 Å². The smallest absolute Gasteiger partial charge is 0.276 e. The molecular weight excluding hydrogens is 264 g/mol. The number of rotatable bonds is 2. The van der Waals surface area contributed by atoms with E-state index >= 15 is 0 Å². The number of carbonyl (C=O) groups excluding carboxylic acids is 1. The third kappa shape index (κ3) is 1.78. The van der Waals surface area contributed by atoms with Crippen LogP contribution in [0.15, 0.2) is 33.4 Å². The summed E-state index contributed by atoms with van der Waals surface area (Å²) in [6.07, 6.45) is 2.68. The zero-order valence-electron chi connectivity index (χ0n) is 10.1. The van der Waals surface area contributed by atoms with Crippen molar-refractivity contribution < 1.29 is 13.7 Å². The van der Waals surface area contributed by atoms with Gasteiger partial charge in [-0.05, 0) is 18.6 Å². The zero-order chi connectivity index (χ0) is 12.8. The quantitative estimate of drug-likeness (QED) is 0.842. The first kappa shape index (κ1) is 11.2. The van der Waals surface area contributed by atoms with Gasteiger partial charge in [-0.1, -0.05) is 5.16 Å². The largest absolute Gasteiger partial charge is 0.461 e. The second-order valence-electron chi connectivity index (χ2n) is 4.86. The minimum Gasteiger partial charge on any atom is -0.461 e. The van der Waals surface area contributed by atoms with Gasteiger partial charge in [0.15, 0.2) is 11.5 Å². The molecule has 2 unspecified atom stereocenters. The van der Waals surface area contributed by atoms with Crippen LogP contribution in [0.25, 0.3) is 11.5 Å². The van der Waals surface area contributed by atoms with E-state index in [0.717, 1.165) is 18.7 Å². The van der Waals surface area contributed by atoms with E-state index in [1.807, 2.05) is 16.7 Å². The van der Waals surface area contributed by atoms with Crippen LogP contribution in [0.4, 0.5) is 0 Å². The van der Waals surface area contributed by atoms with E-state index in [0.29, 0.717) is 28.5 Å². The fourth-order valence-corrected chi connectivity index (χ4v) is 4.14. The predicted octanol–water partition coefficient (Wildman–Crippen LogP) is 2.26. The minimum absolute atomic E-state index is 0.0330. The lowest BCUT2D eigenvalue weighted by molar-refractivity contribution is 0.0737. The van der Waals surface area contributed by atoms with E-state index in [1.54, 1.807) is 24.5 Å². The third-order valence-electron chi connectivity index (χ3n) is 3.65. The second kappa shape index (κ2) is 4.16. The van der Waals surface area contributed by atoms with Crippen molar-refractivity contribution in [2.75, 3.05) is 12.3 Å². The predicted molar refractivity (Wildman–Crippen MR) is 69.9 cm³/mol. The fraction of sp³-hybridized carbons (Fsp3) is 0.385.